The number of hydrogen-bond acceptors (Lipinski definition) is 3. The van der Waals surface area contributed by atoms with Gasteiger partial charge in [-0.05, 0) is 120 Å². The van der Waals surface area contributed by atoms with Gasteiger partial charge in [-0.3, -0.25) is 4.39 Å². The van der Waals surface area contributed by atoms with Gasteiger partial charge in [-0.25, -0.2) is 0 Å². The molecule has 1 aliphatic heterocycles. The van der Waals surface area contributed by atoms with Crippen LogP contribution in [-0.2, 0) is 12.8 Å². The van der Waals surface area contributed by atoms with E-state index in [4.69, 9.17) is 0 Å². The van der Waals surface area contributed by atoms with Gasteiger partial charge < -0.3 is 14.8 Å². The maximum atomic E-state index is 12.4. The van der Waals surface area contributed by atoms with Gasteiger partial charge in [0.1, 0.15) is 0 Å². The number of halogens is 1. The van der Waals surface area contributed by atoms with Gasteiger partial charge in [-0.1, -0.05) is 48.9 Å². The zero-order chi connectivity index (χ0) is 25.4. The van der Waals surface area contributed by atoms with Crippen molar-refractivity contribution in [1.82, 2.24) is 4.90 Å². The van der Waals surface area contributed by atoms with Gasteiger partial charge in [-0.15, -0.1) is 0 Å². The van der Waals surface area contributed by atoms with Gasteiger partial charge in [0.2, 0.25) is 0 Å². The van der Waals surface area contributed by atoms with Crippen LogP contribution in [0.4, 0.5) is 4.39 Å². The zero-order valence-corrected chi connectivity index (χ0v) is 24.7. The Morgan fingerprint density at radius 1 is 1.03 bits per heavy atom. The fourth-order valence-corrected chi connectivity index (χ4v) is 7.35. The molecule has 0 amide bonds. The number of carboxylic acid groups (broad SMARTS) is 1. The van der Waals surface area contributed by atoms with E-state index in [-0.39, 0.29) is 41.8 Å². The number of aryl methyl sites for hydroxylation is 1. The van der Waals surface area contributed by atoms with Crippen LogP contribution in [0, 0.1) is 17.8 Å². The number of alkyl halides is 1. The molecule has 2 aromatic carbocycles. The van der Waals surface area contributed by atoms with Crippen molar-refractivity contribution in [2.75, 3.05) is 26.3 Å². The Morgan fingerprint density at radius 2 is 1.84 bits per heavy atom. The predicted octanol–water partition coefficient (Wildman–Crippen LogP) is 2.77. The summed E-state index contributed by atoms with van der Waals surface area (Å²) in [6.45, 7) is 2.79. The number of nitrogens with zero attached hydrogens (tertiary/aromatic N) is 1. The number of carboxylic acids is 1. The molecule has 1 heterocycles. The molecule has 194 valence electrons. The first kappa shape index (κ1) is 27.8. The molecule has 0 radical (unpaired) electrons. The second-order valence-electron chi connectivity index (χ2n) is 11.7. The summed E-state index contributed by atoms with van der Waals surface area (Å²) in [5.41, 5.74) is 9.49. The van der Waals surface area contributed by atoms with Crippen LogP contribution in [0.1, 0.15) is 77.6 Å². The molecule has 38 heavy (non-hydrogen) atoms. The van der Waals surface area contributed by atoms with Crippen molar-refractivity contribution in [3.8, 4) is 0 Å². The molecule has 3 aliphatic carbocycles. The first-order chi connectivity index (χ1) is 18.1. The van der Waals surface area contributed by atoms with Crippen LogP contribution in [-0.4, -0.2) is 37.2 Å². The molecule has 0 aromatic heterocycles. The van der Waals surface area contributed by atoms with Gasteiger partial charge in [0.25, 0.3) is 0 Å². The molecule has 1 saturated carbocycles. The van der Waals surface area contributed by atoms with E-state index in [1.165, 1.54) is 59.1 Å². The number of allylic oxidation sites excluding steroid dienone is 3. The summed E-state index contributed by atoms with van der Waals surface area (Å²) >= 11 is 0. The number of rotatable bonds is 8. The number of carbonyl (C=O) groups excluding carboxylic acids is 1. The van der Waals surface area contributed by atoms with Crippen LogP contribution in [0.5, 0.6) is 0 Å². The van der Waals surface area contributed by atoms with Crippen molar-refractivity contribution in [1.29, 1.82) is 0 Å². The van der Waals surface area contributed by atoms with E-state index in [1.807, 2.05) is 12.1 Å². The summed E-state index contributed by atoms with van der Waals surface area (Å²) in [7, 11) is 0. The van der Waals surface area contributed by atoms with Crippen molar-refractivity contribution in [2.24, 2.45) is 17.8 Å². The summed E-state index contributed by atoms with van der Waals surface area (Å²) in [5.74, 6) is 1.10. The largest absolute Gasteiger partial charge is 1.00 e. The van der Waals surface area contributed by atoms with Crippen LogP contribution < -0.4 is 34.7 Å². The Hall–Kier alpha value is -1.72. The van der Waals surface area contributed by atoms with Crippen LogP contribution in [0.3, 0.4) is 0 Å². The third-order valence-electron chi connectivity index (χ3n) is 9.20. The minimum atomic E-state index is -1.10. The Morgan fingerprint density at radius 3 is 2.58 bits per heavy atom. The normalized spacial score (nSPS) is 23.2. The fourth-order valence-electron chi connectivity index (χ4n) is 7.35. The molecule has 1 saturated heterocycles. The summed E-state index contributed by atoms with van der Waals surface area (Å²) < 4.78 is 12.4. The van der Waals surface area contributed by atoms with Gasteiger partial charge in [-0.2, -0.15) is 0 Å². The topological polar surface area (TPSA) is 43.4 Å². The molecule has 2 aromatic rings. The van der Waals surface area contributed by atoms with Crippen LogP contribution in [0.15, 0.2) is 59.7 Å². The van der Waals surface area contributed by atoms with Crippen molar-refractivity contribution >= 4 is 11.5 Å². The van der Waals surface area contributed by atoms with E-state index in [2.05, 4.69) is 35.2 Å². The number of fused-ring (bicyclic) bond motifs is 2. The predicted molar refractivity (Wildman–Crippen MR) is 144 cm³/mol. The second-order valence-corrected chi connectivity index (χ2v) is 11.7. The second kappa shape index (κ2) is 12.2. The quantitative estimate of drug-likeness (QED) is 0.502. The molecular weight excluding hydrogens is 484 g/mol. The van der Waals surface area contributed by atoms with Crippen LogP contribution in [0.2, 0.25) is 0 Å². The minimum Gasteiger partial charge on any atom is -0.545 e. The minimum absolute atomic E-state index is 0. The van der Waals surface area contributed by atoms with E-state index in [9.17, 15) is 14.3 Å². The smallest absolute Gasteiger partial charge is 0.545 e. The maximum Gasteiger partial charge on any atom is 1.00 e. The van der Waals surface area contributed by atoms with E-state index in [0.717, 1.165) is 62.7 Å². The monoisotopic (exact) mass is 521 g/mol. The third-order valence-corrected chi connectivity index (χ3v) is 9.20. The molecule has 0 N–H and O–H groups in total. The van der Waals surface area contributed by atoms with E-state index >= 15 is 0 Å². The van der Waals surface area contributed by atoms with Crippen LogP contribution >= 0.6 is 0 Å². The Labute approximate surface area is 248 Å². The molecule has 0 spiro atoms. The molecule has 4 aliphatic rings. The Balaban J connectivity index is 0.00000294. The summed E-state index contributed by atoms with van der Waals surface area (Å²) in [5, 5.41) is 11.6. The molecule has 2 unspecified atom stereocenters. The Bertz CT molecular complexity index is 1230. The summed E-state index contributed by atoms with van der Waals surface area (Å²) in [6.07, 6.45) is 12.5. The number of benzene rings is 2. The molecule has 5 heteroatoms. The molecule has 2 atom stereocenters. The number of hydrogen-bond donors (Lipinski definition) is 0. The van der Waals surface area contributed by atoms with E-state index in [0.29, 0.717) is 12.3 Å². The van der Waals surface area contributed by atoms with Crippen LogP contribution in [0.25, 0.3) is 5.57 Å². The average Bonchev–Trinajstić information content (AvgIpc) is 3.43. The average molecular weight is 522 g/mol. The van der Waals surface area contributed by atoms with Gasteiger partial charge >= 0.3 is 29.6 Å². The number of carbonyl (C=O) groups is 1. The maximum absolute atomic E-state index is 12.4. The van der Waals surface area contributed by atoms with Crippen molar-refractivity contribution in [3.05, 3.63) is 87.5 Å². The van der Waals surface area contributed by atoms with E-state index in [1.54, 1.807) is 6.07 Å². The van der Waals surface area contributed by atoms with Gasteiger partial charge in [0.15, 0.2) is 0 Å². The first-order valence-electron chi connectivity index (χ1n) is 14.3. The molecule has 3 nitrogen and oxygen atoms in total. The fraction of sp³-hybridized carbons (Fsp3) is 0.485. The third kappa shape index (κ3) is 5.75. The molecule has 6 rings (SSSR count). The Kier molecular flexibility index (Phi) is 8.94. The number of likely N-dealkylation sites (tertiary alicyclic amines) is 1. The van der Waals surface area contributed by atoms with Gasteiger partial charge in [0, 0.05) is 19.6 Å². The van der Waals surface area contributed by atoms with Crippen molar-refractivity contribution in [2.45, 2.75) is 57.8 Å². The van der Waals surface area contributed by atoms with Gasteiger partial charge in [0.05, 0.1) is 12.6 Å². The van der Waals surface area contributed by atoms with Crippen molar-refractivity contribution < 1.29 is 43.8 Å². The van der Waals surface area contributed by atoms with E-state index < -0.39 is 5.97 Å². The summed E-state index contributed by atoms with van der Waals surface area (Å²) in [4.78, 5) is 13.9. The molecule has 0 bridgehead atoms. The van der Waals surface area contributed by atoms with Crippen molar-refractivity contribution in [3.63, 3.8) is 0 Å². The number of aromatic carboxylic acids is 1. The standard InChI is InChI=1S/C33H38FNO2.Na/c34-14-3-15-35-20-23(21-35)16-22-8-10-24(11-9-22)32-30(29-17-25-4-1-5-26(25)18-29)7-2-6-27-19-28(33(36)37)12-13-31(27)32;/h8-13,17,19,23,25-26H,1-7,14-16,18,20-21H2,(H,36,37);/q;+1/p-1. The zero-order valence-electron chi connectivity index (χ0n) is 22.7. The molecular formula is C33H37FNNaO2. The molecule has 2 fully saturated rings. The SMILES string of the molecule is O=C([O-])c1ccc2c(c1)CCCC(C1=CC3CCCC3C1)=C2c1ccc(CC2CN(CCCF)C2)cc1.[Na+]. The first-order valence-corrected chi connectivity index (χ1v) is 14.3. The summed E-state index contributed by atoms with van der Waals surface area (Å²) in [6, 6.07) is 14.7.